The number of carbonyl (C=O) groups is 1. The van der Waals surface area contributed by atoms with E-state index in [0.29, 0.717) is 13.2 Å². The molecule has 1 aliphatic heterocycles. The first kappa shape index (κ1) is 31.1. The Morgan fingerprint density at radius 3 is 2.55 bits per heavy atom. The van der Waals surface area contributed by atoms with Crippen LogP contribution in [0.4, 0.5) is 5.69 Å². The number of anilines is 1. The van der Waals surface area contributed by atoms with Crippen LogP contribution in [0.5, 0.6) is 5.75 Å². The van der Waals surface area contributed by atoms with E-state index in [-0.39, 0.29) is 18.0 Å². The molecular formula is C37H43N3O4. The molecule has 3 heterocycles. The molecule has 7 nitrogen and oxygen atoms in total. The number of carbonyl (C=O) groups excluding carboxylic acids is 1. The zero-order valence-corrected chi connectivity index (χ0v) is 26.4. The van der Waals surface area contributed by atoms with E-state index in [1.54, 1.807) is 6.08 Å². The molecule has 1 fully saturated rings. The van der Waals surface area contributed by atoms with Crippen LogP contribution in [-0.2, 0) is 20.7 Å². The number of hydrogen-bond acceptors (Lipinski definition) is 6. The number of ether oxygens (including phenoxy) is 3. The molecule has 0 N–H and O–H groups in total. The van der Waals surface area contributed by atoms with Gasteiger partial charge >= 0.3 is 5.97 Å². The van der Waals surface area contributed by atoms with Crippen molar-refractivity contribution in [1.29, 1.82) is 0 Å². The van der Waals surface area contributed by atoms with Crippen LogP contribution in [0.25, 0.3) is 27.9 Å². The molecule has 7 heteroatoms. The van der Waals surface area contributed by atoms with Gasteiger partial charge in [0, 0.05) is 30.4 Å². The van der Waals surface area contributed by atoms with Crippen LogP contribution in [0.2, 0.25) is 0 Å². The summed E-state index contributed by atoms with van der Waals surface area (Å²) in [5, 5.41) is 5.04. The van der Waals surface area contributed by atoms with Crippen LogP contribution in [0.15, 0.2) is 80.0 Å². The Hall–Kier alpha value is -4.36. The van der Waals surface area contributed by atoms with Crippen molar-refractivity contribution in [2.24, 2.45) is 0 Å². The standard InChI is InChI=1S/C37H43N3O4/c1-7-9-20-43-34-14-13-26(3)21-31(34)28-11-10-12-29(22-28)32-24-33-36(39-17-15-37(5,16-18-39)44-19-8-2)30(23-35(41)42-6)27(4)25-40(33)38-32/h7-8,10-14,21-22,24-25H,1-2,9,15-20,23H2,3-6H3. The van der Waals surface area contributed by atoms with Crippen molar-refractivity contribution in [2.75, 3.05) is 38.3 Å². The number of rotatable bonds is 12. The van der Waals surface area contributed by atoms with Gasteiger partial charge in [-0.1, -0.05) is 42.0 Å². The van der Waals surface area contributed by atoms with Gasteiger partial charge in [0.1, 0.15) is 5.75 Å². The molecule has 2 aromatic carbocycles. The second-order valence-electron chi connectivity index (χ2n) is 11.8. The molecule has 4 aromatic rings. The van der Waals surface area contributed by atoms with Crippen molar-refractivity contribution < 1.29 is 19.0 Å². The SMILES string of the molecule is C=CCCOc1ccc(C)cc1-c1cccc(-c2cc3c(N4CCC(C)(OCC=C)CC4)c(CC(=O)OC)c(C)cn3n2)c1. The molecule has 2 aromatic heterocycles. The topological polar surface area (TPSA) is 65.3 Å². The van der Waals surface area contributed by atoms with Crippen LogP contribution in [0.3, 0.4) is 0 Å². The average molecular weight is 594 g/mol. The van der Waals surface area contributed by atoms with E-state index in [9.17, 15) is 4.79 Å². The van der Waals surface area contributed by atoms with E-state index < -0.39 is 0 Å². The highest BCUT2D eigenvalue weighted by molar-refractivity contribution is 5.86. The molecule has 1 aliphatic rings. The number of hydrogen-bond donors (Lipinski definition) is 0. The second-order valence-corrected chi connectivity index (χ2v) is 11.8. The number of pyridine rings is 1. The Kier molecular flexibility index (Phi) is 9.55. The summed E-state index contributed by atoms with van der Waals surface area (Å²) in [6.45, 7) is 16.6. The van der Waals surface area contributed by atoms with E-state index >= 15 is 0 Å². The molecule has 0 atom stereocenters. The first-order valence-corrected chi connectivity index (χ1v) is 15.3. The van der Waals surface area contributed by atoms with Gasteiger partial charge in [0.25, 0.3) is 0 Å². The van der Waals surface area contributed by atoms with Crippen LogP contribution < -0.4 is 9.64 Å². The molecule has 0 amide bonds. The first-order chi connectivity index (χ1) is 21.2. The highest BCUT2D eigenvalue weighted by atomic mass is 16.5. The summed E-state index contributed by atoms with van der Waals surface area (Å²) in [4.78, 5) is 14.9. The van der Waals surface area contributed by atoms with Gasteiger partial charge in [0.15, 0.2) is 0 Å². The predicted octanol–water partition coefficient (Wildman–Crippen LogP) is 7.52. The van der Waals surface area contributed by atoms with Crippen molar-refractivity contribution in [3.05, 3.63) is 96.7 Å². The largest absolute Gasteiger partial charge is 0.493 e. The Balaban J connectivity index is 1.55. The maximum atomic E-state index is 12.6. The Labute approximate surface area is 260 Å². The minimum absolute atomic E-state index is 0.201. The van der Waals surface area contributed by atoms with Gasteiger partial charge in [0.2, 0.25) is 0 Å². The van der Waals surface area contributed by atoms with E-state index in [1.165, 1.54) is 12.7 Å². The second kappa shape index (κ2) is 13.5. The average Bonchev–Trinajstić information content (AvgIpc) is 3.45. The zero-order valence-electron chi connectivity index (χ0n) is 26.4. The number of aromatic nitrogens is 2. The third kappa shape index (κ3) is 6.73. The van der Waals surface area contributed by atoms with Gasteiger partial charge in [-0.25, -0.2) is 4.52 Å². The van der Waals surface area contributed by atoms with Gasteiger partial charge in [-0.05, 0) is 81.0 Å². The molecule has 1 saturated heterocycles. The molecule has 0 aliphatic carbocycles. The van der Waals surface area contributed by atoms with Crippen LogP contribution in [0.1, 0.15) is 42.9 Å². The lowest BCUT2D eigenvalue weighted by molar-refractivity contribution is -0.139. The fraction of sp³-hybridized carbons (Fsp3) is 0.351. The summed E-state index contributed by atoms with van der Waals surface area (Å²) in [5.41, 5.74) is 8.92. The summed E-state index contributed by atoms with van der Waals surface area (Å²) in [7, 11) is 1.44. The summed E-state index contributed by atoms with van der Waals surface area (Å²) in [5.74, 6) is 0.593. The molecule has 0 spiro atoms. The predicted molar refractivity (Wildman–Crippen MR) is 178 cm³/mol. The monoisotopic (exact) mass is 593 g/mol. The van der Waals surface area contributed by atoms with Gasteiger partial charge in [-0.3, -0.25) is 4.79 Å². The normalized spacial score (nSPS) is 14.4. The highest BCUT2D eigenvalue weighted by Gasteiger charge is 2.33. The maximum Gasteiger partial charge on any atom is 0.310 e. The third-order valence-electron chi connectivity index (χ3n) is 8.48. The number of methoxy groups -OCH3 is 1. The molecule has 0 unspecified atom stereocenters. The number of benzene rings is 2. The van der Waals surface area contributed by atoms with E-state index in [2.05, 4.69) is 74.4 Å². The quantitative estimate of drug-likeness (QED) is 0.0962. The summed E-state index contributed by atoms with van der Waals surface area (Å²) < 4.78 is 19.3. The fourth-order valence-electron chi connectivity index (χ4n) is 5.91. The third-order valence-corrected chi connectivity index (χ3v) is 8.48. The Morgan fingerprint density at radius 2 is 1.82 bits per heavy atom. The lowest BCUT2D eigenvalue weighted by Gasteiger charge is -2.41. The van der Waals surface area contributed by atoms with Crippen LogP contribution in [0, 0.1) is 13.8 Å². The van der Waals surface area contributed by atoms with E-state index in [4.69, 9.17) is 19.3 Å². The molecular weight excluding hydrogens is 550 g/mol. The number of piperidine rings is 1. The smallest absolute Gasteiger partial charge is 0.310 e. The van der Waals surface area contributed by atoms with Crippen LogP contribution >= 0.6 is 0 Å². The number of fused-ring (bicyclic) bond motifs is 1. The van der Waals surface area contributed by atoms with Crippen molar-refractivity contribution in [2.45, 2.75) is 52.1 Å². The maximum absolute atomic E-state index is 12.6. The molecule has 0 saturated carbocycles. The molecule has 44 heavy (non-hydrogen) atoms. The van der Waals surface area contributed by atoms with E-state index in [1.807, 2.05) is 29.8 Å². The van der Waals surface area contributed by atoms with Crippen molar-refractivity contribution in [1.82, 2.24) is 9.61 Å². The number of nitrogens with zero attached hydrogens (tertiary/aromatic N) is 3. The molecule has 230 valence electrons. The minimum atomic E-state index is -0.258. The lowest BCUT2D eigenvalue weighted by Crippen LogP contribution is -2.45. The summed E-state index contributed by atoms with van der Waals surface area (Å²) in [6.07, 6.45) is 8.40. The molecule has 5 rings (SSSR count). The Morgan fingerprint density at radius 1 is 1.05 bits per heavy atom. The number of aryl methyl sites for hydroxylation is 2. The van der Waals surface area contributed by atoms with Gasteiger partial charge < -0.3 is 19.1 Å². The Bertz CT molecular complexity index is 1660. The zero-order chi connectivity index (χ0) is 31.3. The van der Waals surface area contributed by atoms with Gasteiger partial charge in [0.05, 0.1) is 49.2 Å². The molecule has 0 bridgehead atoms. The fourth-order valence-corrected chi connectivity index (χ4v) is 5.91. The van der Waals surface area contributed by atoms with Crippen molar-refractivity contribution >= 4 is 17.2 Å². The lowest BCUT2D eigenvalue weighted by atomic mass is 9.92. The summed E-state index contributed by atoms with van der Waals surface area (Å²) in [6, 6.07) is 16.8. The first-order valence-electron chi connectivity index (χ1n) is 15.3. The number of esters is 1. The molecule has 0 radical (unpaired) electrons. The van der Waals surface area contributed by atoms with Crippen molar-refractivity contribution in [3.8, 4) is 28.1 Å². The van der Waals surface area contributed by atoms with Gasteiger partial charge in [-0.15, -0.1) is 13.2 Å². The van der Waals surface area contributed by atoms with Crippen LogP contribution in [-0.4, -0.2) is 54.6 Å². The van der Waals surface area contributed by atoms with E-state index in [0.717, 1.165) is 82.8 Å². The van der Waals surface area contributed by atoms with Crippen molar-refractivity contribution in [3.63, 3.8) is 0 Å². The summed E-state index contributed by atoms with van der Waals surface area (Å²) >= 11 is 0. The van der Waals surface area contributed by atoms with Gasteiger partial charge in [-0.2, -0.15) is 5.10 Å². The minimum Gasteiger partial charge on any atom is -0.493 e. The highest BCUT2D eigenvalue weighted by Crippen LogP contribution is 2.38.